The number of hydrogen-bond acceptors (Lipinski definition) is 0. The number of hydrogen-bond donors (Lipinski definition) is 0. The summed E-state index contributed by atoms with van der Waals surface area (Å²) in [5.41, 5.74) is 15.2. The molecule has 2 nitrogen and oxygen atoms in total. The molecule has 3 aliphatic rings. The highest BCUT2D eigenvalue weighted by Crippen LogP contribution is 2.41. The normalized spacial score (nSPS) is 17.6. The van der Waals surface area contributed by atoms with Crippen LogP contribution in [0.4, 0.5) is 0 Å². The summed E-state index contributed by atoms with van der Waals surface area (Å²) in [6.45, 7) is 6.69. The molecule has 3 aromatic carbocycles. The fourth-order valence-electron chi connectivity index (χ4n) is 7.95. The average molecular weight is 613 g/mol. The van der Waals surface area contributed by atoms with Gasteiger partial charge in [0.25, 0.3) is 0 Å². The van der Waals surface area contributed by atoms with Crippen LogP contribution in [-0.2, 0) is 6.42 Å². The van der Waals surface area contributed by atoms with Crippen molar-refractivity contribution in [1.82, 2.24) is 9.13 Å². The van der Waals surface area contributed by atoms with Gasteiger partial charge in [0.05, 0.1) is 16.6 Å². The van der Waals surface area contributed by atoms with Crippen molar-refractivity contribution >= 4 is 44.5 Å². The Kier molecular flexibility index (Phi) is 7.81. The molecule has 2 heteroatoms. The first-order valence-corrected chi connectivity index (χ1v) is 17.5. The van der Waals surface area contributed by atoms with Crippen LogP contribution in [0.5, 0.6) is 0 Å². The summed E-state index contributed by atoms with van der Waals surface area (Å²) in [5, 5.41) is 3.97. The molecule has 0 spiro atoms. The molecule has 47 heavy (non-hydrogen) atoms. The first-order chi connectivity index (χ1) is 23.1. The third-order valence-corrected chi connectivity index (χ3v) is 10.4. The van der Waals surface area contributed by atoms with Gasteiger partial charge in [0.15, 0.2) is 0 Å². The SMILES string of the molecule is C/C=C\C[C@@H](C)/C=C/C1=CCCC(C2=CC=C(n3c4c(c5cc(-n6c7ccccc7c7ccccc76)ccc53)C=C(C)CC4)CC2)=C1. The van der Waals surface area contributed by atoms with Crippen LogP contribution in [0.25, 0.3) is 50.2 Å². The first kappa shape index (κ1) is 29.6. The van der Waals surface area contributed by atoms with E-state index in [1.807, 2.05) is 0 Å². The second-order valence-corrected chi connectivity index (χ2v) is 13.7. The quantitative estimate of drug-likeness (QED) is 0.162. The van der Waals surface area contributed by atoms with E-state index in [2.05, 4.69) is 151 Å². The van der Waals surface area contributed by atoms with Gasteiger partial charge in [0.1, 0.15) is 0 Å². The highest BCUT2D eigenvalue weighted by Gasteiger charge is 2.24. The molecule has 2 aromatic heterocycles. The summed E-state index contributed by atoms with van der Waals surface area (Å²) in [4.78, 5) is 0. The van der Waals surface area contributed by atoms with Gasteiger partial charge in [-0.3, -0.25) is 0 Å². The molecule has 0 saturated carbocycles. The molecular weight excluding hydrogens is 569 g/mol. The van der Waals surface area contributed by atoms with Crippen LogP contribution in [0, 0.1) is 5.92 Å². The van der Waals surface area contributed by atoms with E-state index in [4.69, 9.17) is 0 Å². The van der Waals surface area contributed by atoms with E-state index in [0.29, 0.717) is 5.92 Å². The summed E-state index contributed by atoms with van der Waals surface area (Å²) in [5.74, 6) is 0.560. The molecule has 2 heterocycles. The van der Waals surface area contributed by atoms with Crippen LogP contribution in [0.2, 0.25) is 0 Å². The van der Waals surface area contributed by atoms with Crippen molar-refractivity contribution in [3.8, 4) is 5.69 Å². The number of nitrogens with zero attached hydrogens (tertiary/aromatic N) is 2. The van der Waals surface area contributed by atoms with E-state index in [1.54, 1.807) is 0 Å². The van der Waals surface area contributed by atoms with E-state index in [1.165, 1.54) is 77.6 Å². The minimum atomic E-state index is 0.560. The Morgan fingerprint density at radius 3 is 2.26 bits per heavy atom. The number of aromatic nitrogens is 2. The maximum atomic E-state index is 2.60. The molecule has 0 aliphatic heterocycles. The van der Waals surface area contributed by atoms with Crippen molar-refractivity contribution in [3.05, 3.63) is 149 Å². The monoisotopic (exact) mass is 612 g/mol. The molecule has 0 saturated heterocycles. The molecule has 5 aromatic rings. The molecule has 0 amide bonds. The molecule has 0 N–H and O–H groups in total. The minimum Gasteiger partial charge on any atom is -0.317 e. The fourth-order valence-corrected chi connectivity index (χ4v) is 7.95. The molecule has 3 aliphatic carbocycles. The Bertz CT molecular complexity index is 2190. The molecular formula is C45H44N2. The lowest BCUT2D eigenvalue weighted by Gasteiger charge is -2.23. The van der Waals surface area contributed by atoms with Crippen LogP contribution in [0.3, 0.4) is 0 Å². The fraction of sp³-hybridized carbons (Fsp3) is 0.244. The van der Waals surface area contributed by atoms with Gasteiger partial charge in [-0.25, -0.2) is 0 Å². The van der Waals surface area contributed by atoms with Crippen molar-refractivity contribution < 1.29 is 0 Å². The van der Waals surface area contributed by atoms with Gasteiger partial charge in [-0.1, -0.05) is 97.5 Å². The number of rotatable bonds is 7. The molecule has 8 rings (SSSR count). The predicted molar refractivity (Wildman–Crippen MR) is 203 cm³/mol. The Morgan fingerprint density at radius 1 is 0.745 bits per heavy atom. The zero-order valence-electron chi connectivity index (χ0n) is 28.0. The summed E-state index contributed by atoms with van der Waals surface area (Å²) in [6, 6.07) is 24.8. The van der Waals surface area contributed by atoms with Crippen molar-refractivity contribution in [2.45, 2.75) is 65.7 Å². The van der Waals surface area contributed by atoms with Gasteiger partial charge < -0.3 is 9.13 Å². The standard InChI is InChI=1S/C45H44N2/c1-4-5-11-31(2)18-20-33-12-10-13-35(29-33)34-21-23-36(24-22-34)46-44-26-19-32(3)28-40(44)41-30-37(25-27-45(41)46)47-42-16-8-6-14-38(42)39-15-7-9-17-43(39)47/h4-9,12,14-18,20-21,23,25,27-31H,10-11,13,19,22,24,26H2,1-3H3/b5-4-,20-18+/t31-/m1/s1. The lowest BCUT2D eigenvalue weighted by Crippen LogP contribution is -2.08. The number of para-hydroxylation sites is 2. The highest BCUT2D eigenvalue weighted by molar-refractivity contribution is 6.09. The summed E-state index contributed by atoms with van der Waals surface area (Å²) in [7, 11) is 0. The molecule has 0 radical (unpaired) electrons. The third-order valence-electron chi connectivity index (χ3n) is 10.4. The van der Waals surface area contributed by atoms with Gasteiger partial charge in [-0.2, -0.15) is 0 Å². The van der Waals surface area contributed by atoms with Crippen LogP contribution >= 0.6 is 0 Å². The number of fused-ring (bicyclic) bond motifs is 6. The van der Waals surface area contributed by atoms with Gasteiger partial charge in [-0.05, 0) is 118 Å². The smallest absolute Gasteiger partial charge is 0.0541 e. The Morgan fingerprint density at radius 2 is 1.51 bits per heavy atom. The molecule has 234 valence electrons. The Hall–Kier alpha value is -4.82. The number of benzene rings is 3. The van der Waals surface area contributed by atoms with E-state index >= 15 is 0 Å². The predicted octanol–water partition coefficient (Wildman–Crippen LogP) is 12.5. The van der Waals surface area contributed by atoms with E-state index in [0.717, 1.165) is 44.9 Å². The van der Waals surface area contributed by atoms with Gasteiger partial charge >= 0.3 is 0 Å². The maximum Gasteiger partial charge on any atom is 0.0541 e. The van der Waals surface area contributed by atoms with Gasteiger partial charge in [-0.15, -0.1) is 0 Å². The van der Waals surface area contributed by atoms with Crippen LogP contribution < -0.4 is 0 Å². The summed E-state index contributed by atoms with van der Waals surface area (Å²) >= 11 is 0. The minimum absolute atomic E-state index is 0.560. The zero-order valence-corrected chi connectivity index (χ0v) is 28.0. The van der Waals surface area contributed by atoms with E-state index in [-0.39, 0.29) is 0 Å². The average Bonchev–Trinajstić information content (AvgIpc) is 3.62. The molecule has 0 unspecified atom stereocenters. The molecule has 0 bridgehead atoms. The largest absolute Gasteiger partial charge is 0.317 e. The van der Waals surface area contributed by atoms with Crippen LogP contribution in [-0.4, -0.2) is 9.13 Å². The maximum absolute atomic E-state index is 2.60. The topological polar surface area (TPSA) is 9.86 Å². The van der Waals surface area contributed by atoms with E-state index < -0.39 is 0 Å². The number of allylic oxidation sites excluding steroid dienone is 13. The third kappa shape index (κ3) is 5.40. The summed E-state index contributed by atoms with van der Waals surface area (Å²) < 4.78 is 5.05. The second-order valence-electron chi connectivity index (χ2n) is 13.7. The van der Waals surface area contributed by atoms with Crippen LogP contribution in [0.1, 0.15) is 70.6 Å². The second kappa shape index (κ2) is 12.4. The Balaban J connectivity index is 1.18. The zero-order chi connectivity index (χ0) is 31.9. The van der Waals surface area contributed by atoms with Gasteiger partial charge in [0, 0.05) is 38.8 Å². The lowest BCUT2D eigenvalue weighted by molar-refractivity contribution is 0.743. The first-order valence-electron chi connectivity index (χ1n) is 17.5. The van der Waals surface area contributed by atoms with Crippen molar-refractivity contribution in [1.29, 1.82) is 0 Å². The summed E-state index contributed by atoms with van der Waals surface area (Å²) in [6.07, 6.45) is 28.9. The lowest BCUT2D eigenvalue weighted by atomic mass is 9.88. The van der Waals surface area contributed by atoms with E-state index in [9.17, 15) is 0 Å². The van der Waals surface area contributed by atoms with Crippen molar-refractivity contribution in [2.24, 2.45) is 5.92 Å². The van der Waals surface area contributed by atoms with Crippen molar-refractivity contribution in [3.63, 3.8) is 0 Å². The van der Waals surface area contributed by atoms with Crippen LogP contribution in [0.15, 0.2) is 138 Å². The molecule has 1 atom stereocenters. The highest BCUT2D eigenvalue weighted by atomic mass is 15.0. The molecule has 0 fully saturated rings. The van der Waals surface area contributed by atoms with Crippen molar-refractivity contribution in [2.75, 3.05) is 0 Å². The van der Waals surface area contributed by atoms with Gasteiger partial charge in [0.2, 0.25) is 0 Å². The Labute approximate surface area is 279 Å².